The van der Waals surface area contributed by atoms with Gasteiger partial charge in [-0.05, 0) is 34.1 Å². The second-order valence-electron chi connectivity index (χ2n) is 4.55. The zero-order chi connectivity index (χ0) is 14.9. The van der Waals surface area contributed by atoms with Crippen molar-refractivity contribution in [2.45, 2.75) is 0 Å². The third-order valence-corrected chi connectivity index (χ3v) is 4.09. The Bertz CT molecular complexity index is 1270. The normalized spacial score (nSPS) is 11.9. The molecule has 102 valence electrons. The Kier molecular flexibility index (Phi) is 2.19. The lowest BCUT2D eigenvalue weighted by Crippen LogP contribution is -2.04. The fourth-order valence-corrected chi connectivity index (χ4v) is 3.21. The lowest BCUT2D eigenvalue weighted by Gasteiger charge is -2.01. The average Bonchev–Trinajstić information content (AvgIpc) is 2.72. The largest absolute Gasteiger partial charge is 0.386 e. The predicted molar refractivity (Wildman–Crippen MR) is 78.6 cm³/mol. The Morgan fingerprint density at radius 3 is 1.86 bits per heavy atom. The fraction of sp³-hybridized carbons (Fsp3) is 0. The first-order valence-electron chi connectivity index (χ1n) is 5.81. The Labute approximate surface area is 122 Å². The Balaban J connectivity index is 2.75. The van der Waals surface area contributed by atoms with Gasteiger partial charge in [0.25, 0.3) is 0 Å². The van der Waals surface area contributed by atoms with Gasteiger partial charge < -0.3 is 8.83 Å². The van der Waals surface area contributed by atoms with E-state index in [1.54, 1.807) is 0 Å². The molecule has 0 radical (unpaired) electrons. The van der Waals surface area contributed by atoms with Crippen molar-refractivity contribution in [3.63, 3.8) is 0 Å². The summed E-state index contributed by atoms with van der Waals surface area (Å²) in [5.74, 6) is 0. The molecule has 0 fully saturated rings. The molecule has 6 aromatic rings. The topological polar surface area (TPSA) is 94.6 Å². The SMILES string of the molecule is O=c1oc(=O)c2ccc1c1c3cc(Br)c(c(=O)oc3=O)c21. The van der Waals surface area contributed by atoms with E-state index in [0.717, 1.165) is 0 Å². The van der Waals surface area contributed by atoms with Crippen molar-refractivity contribution in [1.29, 1.82) is 0 Å². The molecule has 0 saturated heterocycles. The molecular formula is C14H3BrO6. The molecule has 0 unspecified atom stereocenters. The van der Waals surface area contributed by atoms with Crippen LogP contribution in [-0.2, 0) is 0 Å². The van der Waals surface area contributed by atoms with Crippen LogP contribution in [0.1, 0.15) is 0 Å². The van der Waals surface area contributed by atoms with Gasteiger partial charge in [-0.1, -0.05) is 0 Å². The van der Waals surface area contributed by atoms with Crippen LogP contribution in [0, 0.1) is 0 Å². The lowest BCUT2D eigenvalue weighted by atomic mass is 10.00. The number of hydrogen-bond acceptors (Lipinski definition) is 6. The maximum atomic E-state index is 12.0. The molecule has 2 aromatic carbocycles. The maximum absolute atomic E-state index is 12.0. The first kappa shape index (κ1) is 12.2. The number of benzene rings is 2. The van der Waals surface area contributed by atoms with Crippen molar-refractivity contribution < 1.29 is 8.83 Å². The lowest BCUT2D eigenvalue weighted by molar-refractivity contribution is 0.491. The molecule has 0 atom stereocenters. The first-order valence-corrected chi connectivity index (χ1v) is 6.60. The predicted octanol–water partition coefficient (Wildman–Crippen LogP) is 1.41. The maximum Gasteiger partial charge on any atom is 0.347 e. The summed E-state index contributed by atoms with van der Waals surface area (Å²) in [6, 6.07) is 4.20. The summed E-state index contributed by atoms with van der Waals surface area (Å²) < 4.78 is 9.70. The molecule has 0 N–H and O–H groups in total. The van der Waals surface area contributed by atoms with Gasteiger partial charge >= 0.3 is 22.5 Å². The van der Waals surface area contributed by atoms with Gasteiger partial charge in [0, 0.05) is 15.2 Å². The molecule has 0 aliphatic carbocycles. The van der Waals surface area contributed by atoms with E-state index in [4.69, 9.17) is 4.42 Å². The third-order valence-electron chi connectivity index (χ3n) is 3.47. The zero-order valence-electron chi connectivity index (χ0n) is 10.1. The van der Waals surface area contributed by atoms with Gasteiger partial charge in [-0.25, -0.2) is 19.2 Å². The van der Waals surface area contributed by atoms with Crippen LogP contribution in [0.25, 0.3) is 32.3 Å². The Hall–Kier alpha value is -2.54. The summed E-state index contributed by atoms with van der Waals surface area (Å²) in [6.07, 6.45) is 0. The highest BCUT2D eigenvalue weighted by atomic mass is 79.9. The zero-order valence-corrected chi connectivity index (χ0v) is 11.6. The van der Waals surface area contributed by atoms with Crippen LogP contribution >= 0.6 is 15.9 Å². The second-order valence-corrected chi connectivity index (χ2v) is 5.40. The van der Waals surface area contributed by atoms with Crippen LogP contribution in [0.5, 0.6) is 0 Å². The van der Waals surface area contributed by atoms with Crippen molar-refractivity contribution in [2.24, 2.45) is 0 Å². The minimum Gasteiger partial charge on any atom is -0.386 e. The quantitative estimate of drug-likeness (QED) is 0.477. The van der Waals surface area contributed by atoms with Crippen molar-refractivity contribution in [2.75, 3.05) is 0 Å². The minimum atomic E-state index is -0.877. The molecule has 6 rings (SSSR count). The second kappa shape index (κ2) is 3.76. The van der Waals surface area contributed by atoms with Crippen LogP contribution in [0.4, 0.5) is 0 Å². The molecular weight excluding hydrogens is 344 g/mol. The highest BCUT2D eigenvalue weighted by Gasteiger charge is 2.20. The van der Waals surface area contributed by atoms with E-state index >= 15 is 0 Å². The Morgan fingerprint density at radius 1 is 0.667 bits per heavy atom. The monoisotopic (exact) mass is 346 g/mol. The molecule has 4 bridgehead atoms. The van der Waals surface area contributed by atoms with Gasteiger partial charge in [-0.15, -0.1) is 0 Å². The first-order chi connectivity index (χ1) is 9.99. The highest BCUT2D eigenvalue weighted by molar-refractivity contribution is 9.10. The van der Waals surface area contributed by atoms with Crippen molar-refractivity contribution >= 4 is 48.2 Å². The van der Waals surface area contributed by atoms with Crippen molar-refractivity contribution in [3.8, 4) is 0 Å². The van der Waals surface area contributed by atoms with Gasteiger partial charge in [0.05, 0.1) is 21.5 Å². The summed E-state index contributed by atoms with van der Waals surface area (Å²) in [7, 11) is 0. The van der Waals surface area contributed by atoms with Gasteiger partial charge in [0.2, 0.25) is 0 Å². The van der Waals surface area contributed by atoms with E-state index in [2.05, 4.69) is 20.3 Å². The summed E-state index contributed by atoms with van der Waals surface area (Å²) >= 11 is 3.19. The van der Waals surface area contributed by atoms with Gasteiger partial charge in [0.1, 0.15) is 0 Å². The molecule has 0 spiro atoms. The molecule has 0 saturated carbocycles. The number of hydrogen-bond donors (Lipinski definition) is 0. The van der Waals surface area contributed by atoms with Crippen molar-refractivity contribution in [3.05, 3.63) is 64.4 Å². The minimum absolute atomic E-state index is 0.0306. The van der Waals surface area contributed by atoms with E-state index in [1.807, 2.05) is 0 Å². The third kappa shape index (κ3) is 1.41. The van der Waals surface area contributed by atoms with Gasteiger partial charge in [-0.2, -0.15) is 0 Å². The molecule has 0 amide bonds. The van der Waals surface area contributed by atoms with Crippen LogP contribution < -0.4 is 22.5 Å². The standard InChI is InChI=1S/C14H3BrO6/c15-7-3-6-8-4-1-2-5(12(17)20-11(4)16)9(8)10(7)14(19)21-13(6)18/h1-3H. The molecule has 4 aromatic heterocycles. The molecule has 21 heavy (non-hydrogen) atoms. The molecule has 0 aliphatic rings. The van der Waals surface area contributed by atoms with Crippen LogP contribution in [0.15, 0.2) is 50.7 Å². The number of halogens is 1. The average molecular weight is 347 g/mol. The van der Waals surface area contributed by atoms with Crippen LogP contribution in [-0.4, -0.2) is 0 Å². The van der Waals surface area contributed by atoms with E-state index in [0.29, 0.717) is 4.47 Å². The molecule has 0 aliphatic heterocycles. The highest BCUT2D eigenvalue weighted by Crippen LogP contribution is 2.33. The number of rotatable bonds is 0. The summed E-state index contributed by atoms with van der Waals surface area (Å²) in [5.41, 5.74) is -3.47. The molecule has 4 heterocycles. The van der Waals surface area contributed by atoms with E-state index in [-0.39, 0.29) is 32.3 Å². The molecule has 7 heteroatoms. The van der Waals surface area contributed by atoms with E-state index in [9.17, 15) is 19.2 Å². The fourth-order valence-electron chi connectivity index (χ4n) is 2.62. The summed E-state index contributed by atoms with van der Waals surface area (Å²) in [6.45, 7) is 0. The van der Waals surface area contributed by atoms with Gasteiger partial charge in [-0.3, -0.25) is 0 Å². The molecule has 6 nitrogen and oxygen atoms in total. The summed E-state index contributed by atoms with van der Waals surface area (Å²) in [4.78, 5) is 47.9. The van der Waals surface area contributed by atoms with Gasteiger partial charge in [0.15, 0.2) is 0 Å². The van der Waals surface area contributed by atoms with E-state index in [1.165, 1.54) is 18.2 Å². The Morgan fingerprint density at radius 2 is 1.19 bits per heavy atom. The van der Waals surface area contributed by atoms with Crippen LogP contribution in [0.3, 0.4) is 0 Å². The summed E-state index contributed by atoms with van der Waals surface area (Å²) in [5, 5.41) is 0.567. The smallest absolute Gasteiger partial charge is 0.347 e. The van der Waals surface area contributed by atoms with Crippen molar-refractivity contribution in [1.82, 2.24) is 0 Å². The van der Waals surface area contributed by atoms with E-state index < -0.39 is 22.5 Å². The van der Waals surface area contributed by atoms with Crippen LogP contribution in [0.2, 0.25) is 0 Å². The number of fused-ring (bicyclic) bond motifs is 6.